The third kappa shape index (κ3) is 2.08. The maximum absolute atomic E-state index is 12.3. The lowest BCUT2D eigenvalue weighted by Gasteiger charge is -2.15. The van der Waals surface area contributed by atoms with Gasteiger partial charge in [-0.2, -0.15) is 9.40 Å². The predicted molar refractivity (Wildman–Crippen MR) is 62.3 cm³/mol. The number of β-amino-alcohol motifs (C(OH)–C–C–N with tert-alkyl or cyclic N) is 1. The number of nitrogens with zero attached hydrogens (tertiary/aromatic N) is 3. The Bertz CT molecular complexity index is 540. The molecule has 0 bridgehead atoms. The van der Waals surface area contributed by atoms with E-state index in [9.17, 15) is 13.5 Å². The van der Waals surface area contributed by atoms with Crippen LogP contribution in [0.25, 0.3) is 0 Å². The van der Waals surface area contributed by atoms with E-state index < -0.39 is 16.1 Å². The lowest BCUT2D eigenvalue weighted by atomic mass is 10.3. The molecule has 17 heavy (non-hydrogen) atoms. The fraction of sp³-hybridized carbons (Fsp3) is 0.667. The third-order valence-electron chi connectivity index (χ3n) is 2.82. The van der Waals surface area contributed by atoms with Gasteiger partial charge in [-0.1, -0.05) is 11.6 Å². The highest BCUT2D eigenvalue weighted by Gasteiger charge is 2.35. The molecule has 96 valence electrons. The molecule has 1 aromatic heterocycles. The van der Waals surface area contributed by atoms with Gasteiger partial charge in [0.1, 0.15) is 10.0 Å². The van der Waals surface area contributed by atoms with E-state index in [2.05, 4.69) is 5.10 Å². The lowest BCUT2D eigenvalue weighted by molar-refractivity contribution is 0.189. The summed E-state index contributed by atoms with van der Waals surface area (Å²) in [6.45, 7) is 2.03. The summed E-state index contributed by atoms with van der Waals surface area (Å²) in [6, 6.07) is 0. The van der Waals surface area contributed by atoms with Crippen LogP contribution in [0.1, 0.15) is 12.1 Å². The van der Waals surface area contributed by atoms with E-state index in [0.717, 1.165) is 0 Å². The number of halogens is 1. The van der Waals surface area contributed by atoms with Crippen molar-refractivity contribution in [1.29, 1.82) is 0 Å². The van der Waals surface area contributed by atoms with Gasteiger partial charge in [0.2, 0.25) is 10.0 Å². The van der Waals surface area contributed by atoms with Crippen molar-refractivity contribution in [3.63, 3.8) is 0 Å². The normalized spacial score (nSPS) is 22.2. The van der Waals surface area contributed by atoms with Crippen molar-refractivity contribution in [2.24, 2.45) is 7.05 Å². The second kappa shape index (κ2) is 4.24. The summed E-state index contributed by atoms with van der Waals surface area (Å²) >= 11 is 5.95. The van der Waals surface area contributed by atoms with Gasteiger partial charge < -0.3 is 5.11 Å². The maximum Gasteiger partial charge on any atom is 0.248 e. The molecule has 0 aliphatic carbocycles. The minimum atomic E-state index is -3.65. The van der Waals surface area contributed by atoms with Gasteiger partial charge in [-0.15, -0.1) is 0 Å². The largest absolute Gasteiger partial charge is 0.392 e. The van der Waals surface area contributed by atoms with Crippen molar-refractivity contribution in [2.45, 2.75) is 24.3 Å². The fourth-order valence-corrected chi connectivity index (χ4v) is 4.16. The van der Waals surface area contributed by atoms with Gasteiger partial charge in [0.05, 0.1) is 11.8 Å². The van der Waals surface area contributed by atoms with Gasteiger partial charge in [-0.3, -0.25) is 4.68 Å². The van der Waals surface area contributed by atoms with Gasteiger partial charge in [0.25, 0.3) is 0 Å². The van der Waals surface area contributed by atoms with Crippen molar-refractivity contribution in [3.8, 4) is 0 Å². The smallest absolute Gasteiger partial charge is 0.248 e. The SMILES string of the molecule is Cc1nn(C)c(Cl)c1S(=O)(=O)N1CC[C@@H](O)C1. The number of aryl methyl sites for hydroxylation is 2. The Morgan fingerprint density at radius 3 is 2.59 bits per heavy atom. The Kier molecular flexibility index (Phi) is 3.19. The molecule has 1 fully saturated rings. The first-order valence-corrected chi connectivity index (χ1v) is 7.03. The molecular formula is C9H14ClN3O3S. The first-order chi connectivity index (χ1) is 7.84. The summed E-state index contributed by atoms with van der Waals surface area (Å²) in [5.41, 5.74) is 0.374. The average molecular weight is 280 g/mol. The van der Waals surface area contributed by atoms with E-state index in [-0.39, 0.29) is 16.6 Å². The molecule has 0 amide bonds. The zero-order valence-electron chi connectivity index (χ0n) is 9.59. The standard InChI is InChI=1S/C9H14ClN3O3S/c1-6-8(9(10)12(2)11-6)17(15,16)13-4-3-7(14)5-13/h7,14H,3-5H2,1-2H3/t7-/m1/s1. The zero-order valence-corrected chi connectivity index (χ0v) is 11.2. The molecule has 1 aromatic rings. The summed E-state index contributed by atoms with van der Waals surface area (Å²) in [7, 11) is -2.06. The van der Waals surface area contributed by atoms with Crippen molar-refractivity contribution >= 4 is 21.6 Å². The number of aliphatic hydroxyl groups is 1. The molecule has 1 saturated heterocycles. The molecule has 1 aliphatic rings. The molecule has 1 atom stereocenters. The molecular weight excluding hydrogens is 266 g/mol. The van der Waals surface area contributed by atoms with E-state index in [1.54, 1.807) is 14.0 Å². The van der Waals surface area contributed by atoms with Crippen LogP contribution in [0.15, 0.2) is 4.90 Å². The quantitative estimate of drug-likeness (QED) is 0.835. The first-order valence-electron chi connectivity index (χ1n) is 5.21. The van der Waals surface area contributed by atoms with Gasteiger partial charge in [0.15, 0.2) is 0 Å². The van der Waals surface area contributed by atoms with Crippen LogP contribution in [-0.4, -0.2) is 46.8 Å². The Morgan fingerprint density at radius 1 is 1.53 bits per heavy atom. The number of sulfonamides is 1. The number of hydrogen-bond donors (Lipinski definition) is 1. The second-order valence-electron chi connectivity index (χ2n) is 4.13. The van der Waals surface area contributed by atoms with Crippen LogP contribution in [0.5, 0.6) is 0 Å². The van der Waals surface area contributed by atoms with E-state index in [1.165, 1.54) is 8.99 Å². The first kappa shape index (κ1) is 12.8. The van der Waals surface area contributed by atoms with Crippen molar-refractivity contribution in [3.05, 3.63) is 10.8 Å². The molecule has 2 rings (SSSR count). The topological polar surface area (TPSA) is 75.4 Å². The van der Waals surface area contributed by atoms with Crippen molar-refractivity contribution in [1.82, 2.24) is 14.1 Å². The molecule has 0 saturated carbocycles. The molecule has 0 unspecified atom stereocenters. The highest BCUT2D eigenvalue weighted by molar-refractivity contribution is 7.89. The number of rotatable bonds is 2. The predicted octanol–water partition coefficient (Wildman–Crippen LogP) is 0.137. The second-order valence-corrected chi connectivity index (χ2v) is 6.37. The van der Waals surface area contributed by atoms with Crippen LogP contribution in [0.4, 0.5) is 0 Å². The summed E-state index contributed by atoms with van der Waals surface area (Å²) in [5.74, 6) is 0. The molecule has 6 nitrogen and oxygen atoms in total. The number of aromatic nitrogens is 2. The van der Waals surface area contributed by atoms with Gasteiger partial charge in [-0.25, -0.2) is 8.42 Å². The lowest BCUT2D eigenvalue weighted by Crippen LogP contribution is -2.30. The minimum absolute atomic E-state index is 0.0377. The molecule has 0 aromatic carbocycles. The van der Waals surface area contributed by atoms with Crippen LogP contribution in [-0.2, 0) is 17.1 Å². The van der Waals surface area contributed by atoms with Crippen molar-refractivity contribution < 1.29 is 13.5 Å². The molecule has 2 heterocycles. The monoisotopic (exact) mass is 279 g/mol. The molecule has 0 radical (unpaired) electrons. The Labute approximate surface area is 105 Å². The van der Waals surface area contributed by atoms with Crippen LogP contribution in [0, 0.1) is 6.92 Å². The van der Waals surface area contributed by atoms with Gasteiger partial charge in [0, 0.05) is 20.1 Å². The molecule has 0 spiro atoms. The van der Waals surface area contributed by atoms with Gasteiger partial charge in [-0.05, 0) is 13.3 Å². The van der Waals surface area contributed by atoms with Gasteiger partial charge >= 0.3 is 0 Å². The van der Waals surface area contributed by atoms with E-state index >= 15 is 0 Å². The summed E-state index contributed by atoms with van der Waals surface area (Å²) in [4.78, 5) is 0.0377. The maximum atomic E-state index is 12.3. The van der Waals surface area contributed by atoms with Crippen LogP contribution < -0.4 is 0 Å². The molecule has 1 aliphatic heterocycles. The fourth-order valence-electron chi connectivity index (χ4n) is 1.96. The zero-order chi connectivity index (χ0) is 12.8. The number of aliphatic hydroxyl groups excluding tert-OH is 1. The van der Waals surface area contributed by atoms with Crippen LogP contribution in [0.2, 0.25) is 5.15 Å². The minimum Gasteiger partial charge on any atom is -0.392 e. The third-order valence-corrected chi connectivity index (χ3v) is 5.39. The number of hydrogen-bond acceptors (Lipinski definition) is 4. The molecule has 1 N–H and O–H groups in total. The van der Waals surface area contributed by atoms with E-state index in [4.69, 9.17) is 11.6 Å². The Morgan fingerprint density at radius 2 is 2.18 bits per heavy atom. The summed E-state index contributed by atoms with van der Waals surface area (Å²) in [5, 5.41) is 13.5. The van der Waals surface area contributed by atoms with Crippen LogP contribution in [0.3, 0.4) is 0 Å². The average Bonchev–Trinajstić information content (AvgIpc) is 2.73. The van der Waals surface area contributed by atoms with E-state index in [0.29, 0.717) is 18.7 Å². The van der Waals surface area contributed by atoms with Crippen LogP contribution >= 0.6 is 11.6 Å². The highest BCUT2D eigenvalue weighted by atomic mass is 35.5. The summed E-state index contributed by atoms with van der Waals surface area (Å²) < 4.78 is 27.2. The van der Waals surface area contributed by atoms with Crippen molar-refractivity contribution in [2.75, 3.05) is 13.1 Å². The Hall–Kier alpha value is -0.630. The Balaban J connectivity index is 2.45. The summed E-state index contributed by atoms with van der Waals surface area (Å²) in [6.07, 6.45) is -0.142. The molecule has 8 heteroatoms. The van der Waals surface area contributed by atoms with E-state index in [1.807, 2.05) is 0 Å². The highest BCUT2D eigenvalue weighted by Crippen LogP contribution is 2.29.